The molecule has 0 aromatic carbocycles. The summed E-state index contributed by atoms with van der Waals surface area (Å²) >= 11 is 3.48. The normalized spacial score (nSPS) is 17.3. The Morgan fingerprint density at radius 3 is 2.82 bits per heavy atom. The largest absolute Gasteiger partial charge is 0.473 e. The number of hydrogen-bond acceptors (Lipinski definition) is 8. The number of likely N-dealkylation sites (N-methyl/N-ethyl adjacent to an activating group) is 1. The Kier molecular flexibility index (Phi) is 5.31. The fourth-order valence-corrected chi connectivity index (χ4v) is 3.70. The summed E-state index contributed by atoms with van der Waals surface area (Å²) in [5.74, 6) is 0.931. The van der Waals surface area contributed by atoms with E-state index in [-0.39, 0.29) is 17.9 Å². The highest BCUT2D eigenvalue weighted by Gasteiger charge is 2.21. The second-order valence-corrected chi connectivity index (χ2v) is 7.47. The summed E-state index contributed by atoms with van der Waals surface area (Å²) in [5.41, 5.74) is 8.15. The van der Waals surface area contributed by atoms with Crippen LogP contribution in [0.15, 0.2) is 23.1 Å². The molecular formula is C18H22BrN7O2. The van der Waals surface area contributed by atoms with Gasteiger partial charge in [-0.3, -0.25) is 4.57 Å². The van der Waals surface area contributed by atoms with Crippen molar-refractivity contribution in [3.8, 4) is 11.9 Å². The number of hydrogen-bond donors (Lipinski definition) is 1. The van der Waals surface area contributed by atoms with Gasteiger partial charge in [0, 0.05) is 25.4 Å². The second kappa shape index (κ2) is 7.88. The molecule has 1 atom stereocenters. The molecule has 3 aromatic heterocycles. The maximum atomic E-state index is 6.01. The Bertz CT molecular complexity index is 976. The fourth-order valence-electron chi connectivity index (χ4n) is 3.23. The molecule has 148 valence electrons. The van der Waals surface area contributed by atoms with Gasteiger partial charge in [-0.05, 0) is 41.9 Å². The van der Waals surface area contributed by atoms with Gasteiger partial charge in [0.1, 0.15) is 6.10 Å². The lowest BCUT2D eigenvalue weighted by molar-refractivity contribution is 0.200. The molecule has 4 heterocycles. The third-order valence-electron chi connectivity index (χ3n) is 4.60. The number of nitrogens with two attached hydrogens (primary N) is 1. The van der Waals surface area contributed by atoms with Gasteiger partial charge in [0.25, 0.3) is 0 Å². The van der Waals surface area contributed by atoms with Crippen LogP contribution in [0.5, 0.6) is 11.9 Å². The Hall–Kier alpha value is -2.46. The number of fused-ring (bicyclic) bond motifs is 1. The predicted octanol–water partition coefficient (Wildman–Crippen LogP) is 2.10. The molecule has 0 aliphatic carbocycles. The number of imidazole rings is 1. The number of aromatic nitrogens is 5. The number of nitrogens with zero attached hydrogens (tertiary/aromatic N) is 6. The van der Waals surface area contributed by atoms with Crippen molar-refractivity contribution >= 4 is 32.9 Å². The summed E-state index contributed by atoms with van der Waals surface area (Å²) in [4.78, 5) is 19.7. The lowest BCUT2D eigenvalue weighted by Gasteiger charge is -2.13. The van der Waals surface area contributed by atoms with Crippen LogP contribution in [0, 0.1) is 0 Å². The summed E-state index contributed by atoms with van der Waals surface area (Å²) < 4.78 is 13.9. The molecule has 2 N–H and O–H groups in total. The minimum Gasteiger partial charge on any atom is -0.473 e. The van der Waals surface area contributed by atoms with E-state index in [1.807, 2.05) is 23.6 Å². The monoisotopic (exact) mass is 447 g/mol. The summed E-state index contributed by atoms with van der Waals surface area (Å²) in [5, 5.41) is 0. The average molecular weight is 448 g/mol. The van der Waals surface area contributed by atoms with E-state index in [2.05, 4.69) is 47.8 Å². The van der Waals surface area contributed by atoms with E-state index in [1.165, 1.54) is 0 Å². The van der Waals surface area contributed by atoms with Gasteiger partial charge in [-0.1, -0.05) is 6.07 Å². The van der Waals surface area contributed by atoms with E-state index in [9.17, 15) is 0 Å². The molecule has 3 aromatic rings. The number of likely N-dealkylation sites (tertiary alicyclic amines) is 1. The number of halogens is 1. The molecule has 0 spiro atoms. The zero-order valence-electron chi connectivity index (χ0n) is 15.8. The van der Waals surface area contributed by atoms with E-state index in [0.29, 0.717) is 34.9 Å². The SMILES string of the molecule is CCOc1nc(N)c2nc(Br)n(Cc3ccc(O[C@@H]4CCN(C)C4)nc3)c2n1. The molecule has 0 radical (unpaired) electrons. The molecule has 9 nitrogen and oxygen atoms in total. The van der Waals surface area contributed by atoms with Gasteiger partial charge in [0.15, 0.2) is 21.7 Å². The van der Waals surface area contributed by atoms with Crippen molar-refractivity contribution in [2.75, 3.05) is 32.5 Å². The van der Waals surface area contributed by atoms with E-state index in [4.69, 9.17) is 15.2 Å². The predicted molar refractivity (Wildman–Crippen MR) is 108 cm³/mol. The minimum absolute atomic E-state index is 0.201. The number of rotatable bonds is 6. The number of anilines is 1. The molecule has 0 unspecified atom stereocenters. The Labute approximate surface area is 171 Å². The number of ether oxygens (including phenoxy) is 2. The Morgan fingerprint density at radius 2 is 2.14 bits per heavy atom. The molecule has 0 bridgehead atoms. The van der Waals surface area contributed by atoms with Crippen molar-refractivity contribution in [3.63, 3.8) is 0 Å². The second-order valence-electron chi connectivity index (χ2n) is 6.76. The molecule has 1 fully saturated rings. The Morgan fingerprint density at radius 1 is 1.29 bits per heavy atom. The van der Waals surface area contributed by atoms with Crippen molar-refractivity contribution in [2.24, 2.45) is 0 Å². The number of nitrogen functional groups attached to an aromatic ring is 1. The van der Waals surface area contributed by atoms with Crippen LogP contribution < -0.4 is 15.2 Å². The summed E-state index contributed by atoms with van der Waals surface area (Å²) in [7, 11) is 2.10. The third kappa shape index (κ3) is 3.88. The Balaban J connectivity index is 1.55. The molecule has 0 saturated carbocycles. The van der Waals surface area contributed by atoms with Crippen LogP contribution in [0.1, 0.15) is 18.9 Å². The van der Waals surface area contributed by atoms with Crippen molar-refractivity contribution in [2.45, 2.75) is 26.0 Å². The topological polar surface area (TPSA) is 104 Å². The van der Waals surface area contributed by atoms with Crippen molar-refractivity contribution in [3.05, 3.63) is 28.6 Å². The lowest BCUT2D eigenvalue weighted by atomic mass is 10.3. The van der Waals surface area contributed by atoms with Crippen molar-refractivity contribution in [1.82, 2.24) is 29.4 Å². The van der Waals surface area contributed by atoms with Gasteiger partial charge in [-0.25, -0.2) is 9.97 Å². The van der Waals surface area contributed by atoms with Crippen LogP contribution in [0.3, 0.4) is 0 Å². The summed E-state index contributed by atoms with van der Waals surface area (Å²) in [6, 6.07) is 4.13. The van der Waals surface area contributed by atoms with Crippen LogP contribution >= 0.6 is 15.9 Å². The molecule has 1 saturated heterocycles. The van der Waals surface area contributed by atoms with Crippen molar-refractivity contribution in [1.29, 1.82) is 0 Å². The van der Waals surface area contributed by atoms with E-state index >= 15 is 0 Å². The molecule has 28 heavy (non-hydrogen) atoms. The zero-order chi connectivity index (χ0) is 19.7. The van der Waals surface area contributed by atoms with Crippen LogP contribution in [0.4, 0.5) is 5.82 Å². The first-order valence-electron chi connectivity index (χ1n) is 9.15. The molecule has 0 amide bonds. The highest BCUT2D eigenvalue weighted by molar-refractivity contribution is 9.10. The third-order valence-corrected chi connectivity index (χ3v) is 5.21. The molecule has 4 rings (SSSR count). The molecule has 1 aliphatic heterocycles. The molecule has 10 heteroatoms. The van der Waals surface area contributed by atoms with Gasteiger partial charge in [-0.15, -0.1) is 0 Å². The van der Waals surface area contributed by atoms with Gasteiger partial charge in [0.05, 0.1) is 13.2 Å². The smallest absolute Gasteiger partial charge is 0.320 e. The average Bonchev–Trinajstić information content (AvgIpc) is 3.21. The van der Waals surface area contributed by atoms with Crippen LogP contribution in [-0.4, -0.2) is 62.3 Å². The van der Waals surface area contributed by atoms with Crippen LogP contribution in [-0.2, 0) is 6.54 Å². The maximum Gasteiger partial charge on any atom is 0.320 e. The quantitative estimate of drug-likeness (QED) is 0.572. The maximum absolute atomic E-state index is 6.01. The van der Waals surface area contributed by atoms with Gasteiger partial charge in [0.2, 0.25) is 5.88 Å². The fraction of sp³-hybridized carbons (Fsp3) is 0.444. The van der Waals surface area contributed by atoms with Gasteiger partial charge >= 0.3 is 6.01 Å². The first-order valence-corrected chi connectivity index (χ1v) is 9.95. The van der Waals surface area contributed by atoms with Crippen molar-refractivity contribution < 1.29 is 9.47 Å². The van der Waals surface area contributed by atoms with E-state index < -0.39 is 0 Å². The first-order chi connectivity index (χ1) is 13.5. The first kappa shape index (κ1) is 18.9. The highest BCUT2D eigenvalue weighted by Crippen LogP contribution is 2.25. The van der Waals surface area contributed by atoms with Crippen LogP contribution in [0.25, 0.3) is 11.2 Å². The van der Waals surface area contributed by atoms with Gasteiger partial charge in [-0.2, -0.15) is 9.97 Å². The lowest BCUT2D eigenvalue weighted by Crippen LogP contribution is -2.21. The highest BCUT2D eigenvalue weighted by atomic mass is 79.9. The summed E-state index contributed by atoms with van der Waals surface area (Å²) in [6.07, 6.45) is 3.03. The van der Waals surface area contributed by atoms with Gasteiger partial charge < -0.3 is 20.1 Å². The zero-order valence-corrected chi connectivity index (χ0v) is 17.4. The van der Waals surface area contributed by atoms with E-state index in [0.717, 1.165) is 25.1 Å². The molecule has 1 aliphatic rings. The summed E-state index contributed by atoms with van der Waals surface area (Å²) in [6.45, 7) is 4.84. The van der Waals surface area contributed by atoms with Crippen LogP contribution in [0.2, 0.25) is 0 Å². The standard InChI is InChI=1S/C18H22BrN7O2/c1-3-27-18-23-15(20)14-16(24-18)26(17(19)22-14)9-11-4-5-13(21-8-11)28-12-6-7-25(2)10-12/h4-5,8,12H,3,6-7,9-10H2,1-2H3,(H2,20,23,24)/t12-/m1/s1. The van der Waals surface area contributed by atoms with E-state index in [1.54, 1.807) is 6.20 Å². The molecular weight excluding hydrogens is 426 g/mol. The number of pyridine rings is 1. The minimum atomic E-state index is 0.201.